The molecule has 26 heavy (non-hydrogen) atoms. The highest BCUT2D eigenvalue weighted by Gasteiger charge is 2.30. The molecular weight excluding hydrogens is 336 g/mol. The van der Waals surface area contributed by atoms with Gasteiger partial charge in [0.05, 0.1) is 10.5 Å². The number of rotatable bonds is 5. The monoisotopic (exact) mass is 362 g/mol. The smallest absolute Gasteiger partial charge is 0.339 e. The van der Waals surface area contributed by atoms with Crippen molar-refractivity contribution in [2.24, 2.45) is 11.8 Å². The average molecular weight is 362 g/mol. The quantitative estimate of drug-likeness (QED) is 0.492. The van der Waals surface area contributed by atoms with Crippen molar-refractivity contribution in [3.63, 3.8) is 0 Å². The van der Waals surface area contributed by atoms with Gasteiger partial charge in [-0.2, -0.15) is 0 Å². The molecule has 0 aliphatic heterocycles. The summed E-state index contributed by atoms with van der Waals surface area (Å²) in [7, 11) is 0. The number of esters is 1. The van der Waals surface area contributed by atoms with Crippen LogP contribution in [0.25, 0.3) is 0 Å². The Morgan fingerprint density at radius 3 is 2.65 bits per heavy atom. The van der Waals surface area contributed by atoms with Gasteiger partial charge < -0.3 is 10.1 Å². The van der Waals surface area contributed by atoms with Gasteiger partial charge in [0, 0.05) is 17.7 Å². The number of nitro benzene ring substituents is 1. The van der Waals surface area contributed by atoms with Crippen LogP contribution in [-0.2, 0) is 9.53 Å². The molecule has 1 aliphatic carbocycles. The summed E-state index contributed by atoms with van der Waals surface area (Å²) in [6, 6.07) is 4.29. The van der Waals surface area contributed by atoms with Crippen LogP contribution in [0.5, 0.6) is 0 Å². The van der Waals surface area contributed by atoms with Gasteiger partial charge in [0.2, 0.25) is 0 Å². The molecule has 142 valence electrons. The molecule has 1 aliphatic rings. The fraction of sp³-hybridized carbons (Fsp3) is 0.579. The van der Waals surface area contributed by atoms with E-state index in [0.717, 1.165) is 19.3 Å². The maximum atomic E-state index is 12.4. The molecule has 0 spiro atoms. The summed E-state index contributed by atoms with van der Waals surface area (Å²) in [6.45, 7) is 7.30. The molecule has 0 radical (unpaired) electrons. The zero-order valence-electron chi connectivity index (χ0n) is 15.7. The van der Waals surface area contributed by atoms with Crippen LogP contribution in [0.2, 0.25) is 0 Å². The van der Waals surface area contributed by atoms with Gasteiger partial charge in [-0.1, -0.05) is 32.8 Å². The number of benzene rings is 1. The standard InChI is InChI=1S/C19H26N2O5/c1-11-7-5-9-16(12(11)2)20-18(22)14(4)26-19(23)15-8-6-10-17(13(15)3)21(24)25/h6,8,10-12,14,16H,5,7,9H2,1-4H3,(H,20,22)/t11-,12-,14+,16+/m0/s1. The molecule has 1 saturated carbocycles. The summed E-state index contributed by atoms with van der Waals surface area (Å²) in [5.74, 6) is -0.166. The van der Waals surface area contributed by atoms with E-state index < -0.39 is 17.0 Å². The predicted molar refractivity (Wildman–Crippen MR) is 96.8 cm³/mol. The first-order chi connectivity index (χ1) is 12.2. The van der Waals surface area contributed by atoms with E-state index in [0.29, 0.717) is 11.8 Å². The maximum absolute atomic E-state index is 12.4. The molecular formula is C19H26N2O5. The van der Waals surface area contributed by atoms with Crippen molar-refractivity contribution in [1.82, 2.24) is 5.32 Å². The summed E-state index contributed by atoms with van der Waals surface area (Å²) in [5, 5.41) is 14.0. The molecule has 2 rings (SSSR count). The molecule has 0 bridgehead atoms. The number of hydrogen-bond acceptors (Lipinski definition) is 5. The number of ether oxygens (including phenoxy) is 1. The van der Waals surface area contributed by atoms with Crippen molar-refractivity contribution in [2.75, 3.05) is 0 Å². The number of carbonyl (C=O) groups excluding carboxylic acids is 2. The Balaban J connectivity index is 2.01. The highest BCUT2D eigenvalue weighted by Crippen LogP contribution is 2.29. The van der Waals surface area contributed by atoms with E-state index in [9.17, 15) is 19.7 Å². The molecule has 0 unspecified atom stereocenters. The Kier molecular flexibility index (Phi) is 6.34. The molecule has 1 aromatic carbocycles. The maximum Gasteiger partial charge on any atom is 0.339 e. The zero-order valence-corrected chi connectivity index (χ0v) is 15.7. The first-order valence-electron chi connectivity index (χ1n) is 8.97. The van der Waals surface area contributed by atoms with E-state index in [2.05, 4.69) is 19.2 Å². The molecule has 1 fully saturated rings. The lowest BCUT2D eigenvalue weighted by Gasteiger charge is -2.35. The molecule has 7 nitrogen and oxygen atoms in total. The van der Waals surface area contributed by atoms with E-state index in [1.165, 1.54) is 32.0 Å². The first kappa shape index (κ1) is 19.9. The van der Waals surface area contributed by atoms with Crippen LogP contribution in [0.15, 0.2) is 18.2 Å². The number of nitro groups is 1. The second kappa shape index (κ2) is 8.29. The lowest BCUT2D eigenvalue weighted by atomic mass is 9.78. The van der Waals surface area contributed by atoms with E-state index >= 15 is 0 Å². The zero-order chi connectivity index (χ0) is 19.4. The largest absolute Gasteiger partial charge is 0.449 e. The highest BCUT2D eigenvalue weighted by molar-refractivity contribution is 5.94. The third kappa shape index (κ3) is 4.39. The minimum Gasteiger partial charge on any atom is -0.449 e. The van der Waals surface area contributed by atoms with Crippen molar-refractivity contribution < 1.29 is 19.2 Å². The Labute approximate surface area is 153 Å². The predicted octanol–water partition coefficient (Wildman–Crippen LogP) is 3.39. The lowest BCUT2D eigenvalue weighted by molar-refractivity contribution is -0.385. The van der Waals surface area contributed by atoms with Crippen molar-refractivity contribution in [2.45, 2.75) is 59.1 Å². The molecule has 1 amide bonds. The Morgan fingerprint density at radius 2 is 2.00 bits per heavy atom. The summed E-state index contributed by atoms with van der Waals surface area (Å²) in [6.07, 6.45) is 2.18. The fourth-order valence-electron chi connectivity index (χ4n) is 3.41. The number of carbonyl (C=O) groups is 2. The van der Waals surface area contributed by atoms with Crippen LogP contribution in [0, 0.1) is 28.9 Å². The van der Waals surface area contributed by atoms with E-state index in [1.54, 1.807) is 0 Å². The Bertz CT molecular complexity index is 703. The molecule has 0 heterocycles. The number of nitrogens with zero attached hydrogens (tertiary/aromatic N) is 1. The van der Waals surface area contributed by atoms with Gasteiger partial charge in [0.1, 0.15) is 0 Å². The molecule has 1 aromatic rings. The van der Waals surface area contributed by atoms with Crippen molar-refractivity contribution in [3.8, 4) is 0 Å². The Morgan fingerprint density at radius 1 is 1.31 bits per heavy atom. The van der Waals surface area contributed by atoms with Gasteiger partial charge in [-0.15, -0.1) is 0 Å². The minimum absolute atomic E-state index is 0.0759. The van der Waals surface area contributed by atoms with Crippen molar-refractivity contribution >= 4 is 17.6 Å². The number of hydrogen-bond donors (Lipinski definition) is 1. The normalized spacial score (nSPS) is 23.8. The van der Waals surface area contributed by atoms with Gasteiger partial charge in [0.25, 0.3) is 11.6 Å². The van der Waals surface area contributed by atoms with Crippen LogP contribution in [0.4, 0.5) is 5.69 Å². The number of nitrogens with one attached hydrogen (secondary N) is 1. The topological polar surface area (TPSA) is 98.5 Å². The summed E-state index contributed by atoms with van der Waals surface area (Å²) in [4.78, 5) is 35.2. The van der Waals surface area contributed by atoms with Gasteiger partial charge in [0.15, 0.2) is 6.10 Å². The van der Waals surface area contributed by atoms with Crippen LogP contribution in [0.1, 0.15) is 56.0 Å². The second-order valence-corrected chi connectivity index (χ2v) is 7.14. The first-order valence-corrected chi connectivity index (χ1v) is 8.97. The van der Waals surface area contributed by atoms with Gasteiger partial charge in [-0.25, -0.2) is 4.79 Å². The van der Waals surface area contributed by atoms with Crippen molar-refractivity contribution in [1.29, 1.82) is 0 Å². The van der Waals surface area contributed by atoms with Crippen LogP contribution < -0.4 is 5.32 Å². The lowest BCUT2D eigenvalue weighted by Crippen LogP contribution is -2.47. The van der Waals surface area contributed by atoms with E-state index in [-0.39, 0.29) is 28.8 Å². The van der Waals surface area contributed by atoms with Gasteiger partial charge >= 0.3 is 5.97 Å². The summed E-state index contributed by atoms with van der Waals surface area (Å²) >= 11 is 0. The highest BCUT2D eigenvalue weighted by atomic mass is 16.6. The van der Waals surface area contributed by atoms with E-state index in [1.807, 2.05) is 0 Å². The Hall–Kier alpha value is -2.44. The SMILES string of the molecule is Cc1c(C(=O)O[C@H](C)C(=O)N[C@@H]2CCC[C@H](C)[C@@H]2C)cccc1[N+](=O)[O-]. The molecule has 0 saturated heterocycles. The second-order valence-electron chi connectivity index (χ2n) is 7.14. The molecule has 4 atom stereocenters. The van der Waals surface area contributed by atoms with Crippen molar-refractivity contribution in [3.05, 3.63) is 39.4 Å². The van der Waals surface area contributed by atoms with Crippen LogP contribution in [-0.4, -0.2) is 28.9 Å². The average Bonchev–Trinajstić information content (AvgIpc) is 2.58. The molecule has 0 aromatic heterocycles. The van der Waals surface area contributed by atoms with Crippen LogP contribution >= 0.6 is 0 Å². The van der Waals surface area contributed by atoms with Gasteiger partial charge in [-0.05, 0) is 38.2 Å². The third-order valence-electron chi connectivity index (χ3n) is 5.41. The fourth-order valence-corrected chi connectivity index (χ4v) is 3.41. The minimum atomic E-state index is -0.967. The van der Waals surface area contributed by atoms with E-state index in [4.69, 9.17) is 4.74 Å². The number of amides is 1. The van der Waals surface area contributed by atoms with Gasteiger partial charge in [-0.3, -0.25) is 14.9 Å². The summed E-state index contributed by atoms with van der Waals surface area (Å²) in [5.41, 5.74) is 0.171. The third-order valence-corrected chi connectivity index (χ3v) is 5.41. The molecule has 1 N–H and O–H groups in total. The molecule has 7 heteroatoms. The summed E-state index contributed by atoms with van der Waals surface area (Å²) < 4.78 is 5.24. The van der Waals surface area contributed by atoms with Crippen LogP contribution in [0.3, 0.4) is 0 Å².